The Morgan fingerprint density at radius 2 is 2.25 bits per heavy atom. The van der Waals surface area contributed by atoms with Gasteiger partial charge in [0.25, 0.3) is 5.91 Å². The van der Waals surface area contributed by atoms with Gasteiger partial charge >= 0.3 is 0 Å². The topological polar surface area (TPSA) is 43.3 Å². The molecule has 0 atom stereocenters. The van der Waals surface area contributed by atoms with E-state index in [1.165, 1.54) is 12.8 Å². The Hall–Kier alpha value is -0.810. The van der Waals surface area contributed by atoms with E-state index < -0.39 is 0 Å². The van der Waals surface area contributed by atoms with Gasteiger partial charge in [-0.1, -0.05) is 13.8 Å². The molecule has 1 aromatic rings. The molecule has 1 N–H and O–H groups in total. The fraction of sp³-hybridized carbons (Fsp3) is 0.667. The van der Waals surface area contributed by atoms with Crippen molar-refractivity contribution in [3.05, 3.63) is 22.4 Å². The molecule has 1 amide bonds. The maximum atomic E-state index is 12.1. The van der Waals surface area contributed by atoms with Crippen LogP contribution in [0.5, 0.6) is 0 Å². The highest BCUT2D eigenvalue weighted by molar-refractivity contribution is 9.10. The summed E-state index contributed by atoms with van der Waals surface area (Å²) in [5.74, 6) is 0.638. The molecular formula is C15H23BrN2O2. The van der Waals surface area contributed by atoms with Gasteiger partial charge in [0.05, 0.1) is 6.61 Å². The lowest BCUT2D eigenvalue weighted by molar-refractivity contribution is 0.0897. The van der Waals surface area contributed by atoms with E-state index in [-0.39, 0.29) is 5.91 Å². The van der Waals surface area contributed by atoms with Gasteiger partial charge in [-0.3, -0.25) is 4.79 Å². The first-order chi connectivity index (χ1) is 9.58. The van der Waals surface area contributed by atoms with Gasteiger partial charge in [-0.2, -0.15) is 0 Å². The van der Waals surface area contributed by atoms with Gasteiger partial charge in [0.1, 0.15) is 5.69 Å². The predicted molar refractivity (Wildman–Crippen MR) is 83.0 cm³/mol. The third-order valence-corrected chi connectivity index (χ3v) is 3.79. The van der Waals surface area contributed by atoms with Crippen LogP contribution in [0.15, 0.2) is 16.7 Å². The average molecular weight is 343 g/mol. The first-order valence-electron chi connectivity index (χ1n) is 7.31. The molecule has 1 saturated carbocycles. The van der Waals surface area contributed by atoms with Gasteiger partial charge in [-0.25, -0.2) is 0 Å². The fourth-order valence-corrected chi connectivity index (χ4v) is 2.47. The molecule has 1 fully saturated rings. The normalized spacial score (nSPS) is 14.8. The zero-order chi connectivity index (χ0) is 14.5. The van der Waals surface area contributed by atoms with Crippen molar-refractivity contribution in [1.82, 2.24) is 9.88 Å². The first-order valence-corrected chi connectivity index (χ1v) is 8.10. The van der Waals surface area contributed by atoms with Crippen LogP contribution in [0.2, 0.25) is 0 Å². The van der Waals surface area contributed by atoms with Crippen molar-refractivity contribution in [2.24, 2.45) is 5.92 Å². The summed E-state index contributed by atoms with van der Waals surface area (Å²) in [6.07, 6.45) is 5.39. The maximum Gasteiger partial charge on any atom is 0.268 e. The molecule has 1 heterocycles. The highest BCUT2D eigenvalue weighted by Gasteiger charge is 2.27. The number of aromatic nitrogens is 1. The van der Waals surface area contributed by atoms with E-state index in [1.807, 2.05) is 12.3 Å². The number of rotatable bonds is 8. The third kappa shape index (κ3) is 4.63. The minimum atomic E-state index is -0.0185. The molecule has 0 aromatic carbocycles. The van der Waals surface area contributed by atoms with Crippen LogP contribution < -0.4 is 5.32 Å². The number of carbonyl (C=O) groups is 1. The summed E-state index contributed by atoms with van der Waals surface area (Å²) in [7, 11) is 0. The highest BCUT2D eigenvalue weighted by atomic mass is 79.9. The summed E-state index contributed by atoms with van der Waals surface area (Å²) in [4.78, 5) is 12.1. The summed E-state index contributed by atoms with van der Waals surface area (Å²) in [6.45, 7) is 6.25. The number of carbonyl (C=O) groups excluding carboxylic acids is 1. The largest absolute Gasteiger partial charge is 0.380 e. The van der Waals surface area contributed by atoms with Crippen LogP contribution in [-0.2, 0) is 4.74 Å². The van der Waals surface area contributed by atoms with Crippen molar-refractivity contribution in [1.29, 1.82) is 0 Å². The smallest absolute Gasteiger partial charge is 0.268 e. The number of halogens is 1. The van der Waals surface area contributed by atoms with Crippen LogP contribution in [0, 0.1) is 5.92 Å². The predicted octanol–water partition coefficient (Wildman–Crippen LogP) is 3.38. The number of ether oxygens (including phenoxy) is 1. The van der Waals surface area contributed by atoms with Crippen molar-refractivity contribution in [3.8, 4) is 0 Å². The second-order valence-corrected chi connectivity index (χ2v) is 6.65. The zero-order valence-corrected chi connectivity index (χ0v) is 13.8. The standard InChI is InChI=1S/C15H23BrN2O2/c1-11(2)5-7-20-8-6-17-15(19)14-9-12(16)10-18(14)13-3-4-13/h9-11,13H,3-8H2,1-2H3,(H,17,19). The fourth-order valence-electron chi connectivity index (χ4n) is 2.03. The minimum Gasteiger partial charge on any atom is -0.380 e. The van der Waals surface area contributed by atoms with Crippen molar-refractivity contribution in [2.45, 2.75) is 39.2 Å². The molecule has 2 rings (SSSR count). The van der Waals surface area contributed by atoms with Gasteiger partial charge in [-0.15, -0.1) is 0 Å². The van der Waals surface area contributed by atoms with E-state index in [0.29, 0.717) is 25.1 Å². The SMILES string of the molecule is CC(C)CCOCCNC(=O)c1cc(Br)cn1C1CC1. The van der Waals surface area contributed by atoms with E-state index in [4.69, 9.17) is 4.74 Å². The molecule has 1 aliphatic carbocycles. The van der Waals surface area contributed by atoms with Gasteiger partial charge < -0.3 is 14.6 Å². The lowest BCUT2D eigenvalue weighted by Gasteiger charge is -2.09. The molecule has 0 radical (unpaired) electrons. The van der Waals surface area contributed by atoms with E-state index in [1.54, 1.807) is 0 Å². The lowest BCUT2D eigenvalue weighted by Crippen LogP contribution is -2.29. The number of hydrogen-bond acceptors (Lipinski definition) is 2. The zero-order valence-electron chi connectivity index (χ0n) is 12.2. The summed E-state index contributed by atoms with van der Waals surface area (Å²) >= 11 is 3.44. The van der Waals surface area contributed by atoms with E-state index in [2.05, 4.69) is 39.7 Å². The van der Waals surface area contributed by atoms with Gasteiger partial charge in [0.15, 0.2) is 0 Å². The maximum absolute atomic E-state index is 12.1. The highest BCUT2D eigenvalue weighted by Crippen LogP contribution is 2.37. The van der Waals surface area contributed by atoms with Gasteiger partial charge in [-0.05, 0) is 47.2 Å². The lowest BCUT2D eigenvalue weighted by atomic mass is 10.1. The second kappa shape index (κ2) is 7.27. The molecule has 0 aliphatic heterocycles. The molecule has 112 valence electrons. The van der Waals surface area contributed by atoms with E-state index in [9.17, 15) is 4.79 Å². The summed E-state index contributed by atoms with van der Waals surface area (Å²) in [5.41, 5.74) is 0.738. The Bertz CT molecular complexity index is 453. The number of hydrogen-bond donors (Lipinski definition) is 1. The molecule has 20 heavy (non-hydrogen) atoms. The van der Waals surface area contributed by atoms with E-state index in [0.717, 1.165) is 23.2 Å². The molecule has 0 unspecified atom stereocenters. The molecule has 4 nitrogen and oxygen atoms in total. The Kier molecular flexibility index (Phi) is 5.66. The van der Waals surface area contributed by atoms with Crippen LogP contribution in [0.25, 0.3) is 0 Å². The van der Waals surface area contributed by atoms with Crippen LogP contribution >= 0.6 is 15.9 Å². The number of nitrogens with zero attached hydrogens (tertiary/aromatic N) is 1. The Balaban J connectivity index is 1.72. The molecule has 0 bridgehead atoms. The quantitative estimate of drug-likeness (QED) is 0.736. The summed E-state index contributed by atoms with van der Waals surface area (Å²) < 4.78 is 8.52. The summed E-state index contributed by atoms with van der Waals surface area (Å²) in [5, 5.41) is 2.92. The first kappa shape index (κ1) is 15.6. The van der Waals surface area contributed by atoms with Gasteiger partial charge in [0, 0.05) is 29.9 Å². The molecule has 5 heteroatoms. The van der Waals surface area contributed by atoms with Crippen molar-refractivity contribution in [2.75, 3.05) is 19.8 Å². The van der Waals surface area contributed by atoms with Crippen LogP contribution in [0.4, 0.5) is 0 Å². The summed E-state index contributed by atoms with van der Waals surface area (Å²) in [6, 6.07) is 2.39. The van der Waals surface area contributed by atoms with Crippen molar-refractivity contribution in [3.63, 3.8) is 0 Å². The van der Waals surface area contributed by atoms with E-state index >= 15 is 0 Å². The minimum absolute atomic E-state index is 0.0185. The monoisotopic (exact) mass is 342 g/mol. The molecule has 0 saturated heterocycles. The molecule has 1 aromatic heterocycles. The molecular weight excluding hydrogens is 320 g/mol. The average Bonchev–Trinajstić information content (AvgIpc) is 3.16. The number of nitrogens with one attached hydrogen (secondary N) is 1. The van der Waals surface area contributed by atoms with Crippen LogP contribution in [-0.4, -0.2) is 30.2 Å². The van der Waals surface area contributed by atoms with Crippen LogP contribution in [0.1, 0.15) is 49.6 Å². The molecule has 1 aliphatic rings. The Labute approximate surface area is 129 Å². The van der Waals surface area contributed by atoms with Crippen molar-refractivity contribution < 1.29 is 9.53 Å². The third-order valence-electron chi connectivity index (χ3n) is 3.36. The number of amides is 1. The second-order valence-electron chi connectivity index (χ2n) is 5.73. The van der Waals surface area contributed by atoms with Crippen LogP contribution in [0.3, 0.4) is 0 Å². The molecule has 0 spiro atoms. The Morgan fingerprint density at radius 1 is 1.50 bits per heavy atom. The van der Waals surface area contributed by atoms with Crippen molar-refractivity contribution >= 4 is 21.8 Å². The Morgan fingerprint density at radius 3 is 2.90 bits per heavy atom. The van der Waals surface area contributed by atoms with Gasteiger partial charge in [0.2, 0.25) is 0 Å².